The van der Waals surface area contributed by atoms with Crippen molar-refractivity contribution < 1.29 is 18.7 Å². The van der Waals surface area contributed by atoms with Crippen molar-refractivity contribution in [3.05, 3.63) is 66.2 Å². The van der Waals surface area contributed by atoms with E-state index in [2.05, 4.69) is 20.2 Å². The van der Waals surface area contributed by atoms with E-state index in [1.807, 2.05) is 30.3 Å². The lowest BCUT2D eigenvalue weighted by Gasteiger charge is -2.32. The van der Waals surface area contributed by atoms with Gasteiger partial charge in [0.2, 0.25) is 5.91 Å². The van der Waals surface area contributed by atoms with Crippen molar-refractivity contribution in [1.82, 2.24) is 15.3 Å². The number of nitrogens with one attached hydrogen (secondary N) is 1. The van der Waals surface area contributed by atoms with Gasteiger partial charge in [-0.2, -0.15) is 0 Å². The maximum absolute atomic E-state index is 13.6. The predicted molar refractivity (Wildman–Crippen MR) is 124 cm³/mol. The Hall–Kier alpha value is -3.68. The second kappa shape index (κ2) is 10.3. The number of methoxy groups -OCH3 is 2. The Morgan fingerprint density at radius 2 is 1.91 bits per heavy atom. The summed E-state index contributed by atoms with van der Waals surface area (Å²) in [5, 5.41) is 3.03. The number of aromatic nitrogens is 2. The van der Waals surface area contributed by atoms with Gasteiger partial charge in [-0.25, -0.2) is 14.4 Å². The molecule has 1 amide bonds. The molecule has 0 saturated carbocycles. The van der Waals surface area contributed by atoms with E-state index in [0.29, 0.717) is 36.6 Å². The van der Waals surface area contributed by atoms with Gasteiger partial charge in [-0.05, 0) is 43.2 Å². The van der Waals surface area contributed by atoms with E-state index in [0.717, 1.165) is 30.0 Å². The fraction of sp³-hybridized carbons (Fsp3) is 0.320. The quantitative estimate of drug-likeness (QED) is 0.590. The molecule has 172 valence electrons. The van der Waals surface area contributed by atoms with Crippen molar-refractivity contribution in [3.8, 4) is 22.8 Å². The van der Waals surface area contributed by atoms with E-state index in [1.165, 1.54) is 18.5 Å². The molecular formula is C25H27FN4O3. The fourth-order valence-corrected chi connectivity index (χ4v) is 4.04. The molecule has 0 spiro atoms. The largest absolute Gasteiger partial charge is 0.497 e. The van der Waals surface area contributed by atoms with Crippen LogP contribution in [-0.2, 0) is 11.3 Å². The van der Waals surface area contributed by atoms with E-state index >= 15 is 0 Å². The number of ether oxygens (including phenoxy) is 2. The fourth-order valence-electron chi connectivity index (χ4n) is 4.04. The van der Waals surface area contributed by atoms with Crippen LogP contribution >= 0.6 is 0 Å². The summed E-state index contributed by atoms with van der Waals surface area (Å²) in [6, 6.07) is 13.7. The number of halogens is 1. The summed E-state index contributed by atoms with van der Waals surface area (Å²) in [5.74, 6) is 1.87. The monoisotopic (exact) mass is 450 g/mol. The van der Waals surface area contributed by atoms with Gasteiger partial charge in [-0.3, -0.25) is 4.79 Å². The zero-order valence-corrected chi connectivity index (χ0v) is 18.8. The minimum absolute atomic E-state index is 0.0302. The van der Waals surface area contributed by atoms with Crippen LogP contribution in [0.4, 0.5) is 10.2 Å². The lowest BCUT2D eigenvalue weighted by molar-refractivity contribution is -0.125. The van der Waals surface area contributed by atoms with Crippen molar-refractivity contribution in [2.45, 2.75) is 19.4 Å². The van der Waals surface area contributed by atoms with Crippen molar-refractivity contribution in [2.75, 3.05) is 32.2 Å². The third kappa shape index (κ3) is 5.39. The van der Waals surface area contributed by atoms with Crippen LogP contribution in [0.5, 0.6) is 11.5 Å². The Bertz CT molecular complexity index is 1120. The number of nitrogens with zero attached hydrogens (tertiary/aromatic N) is 3. The van der Waals surface area contributed by atoms with Crippen molar-refractivity contribution in [1.29, 1.82) is 0 Å². The molecule has 1 aromatic heterocycles. The molecule has 8 heteroatoms. The number of carbonyl (C=O) groups is 1. The van der Waals surface area contributed by atoms with Gasteiger partial charge in [0, 0.05) is 42.7 Å². The van der Waals surface area contributed by atoms with E-state index in [9.17, 15) is 9.18 Å². The van der Waals surface area contributed by atoms with E-state index in [-0.39, 0.29) is 17.6 Å². The van der Waals surface area contributed by atoms with E-state index in [4.69, 9.17) is 9.47 Å². The molecule has 0 aliphatic carbocycles. The Labute approximate surface area is 192 Å². The highest BCUT2D eigenvalue weighted by atomic mass is 19.1. The molecule has 0 radical (unpaired) electrons. The average molecular weight is 451 g/mol. The maximum Gasteiger partial charge on any atom is 0.223 e. The molecule has 3 aromatic rings. The number of piperidine rings is 1. The van der Waals surface area contributed by atoms with Crippen LogP contribution in [0.1, 0.15) is 18.4 Å². The first-order chi connectivity index (χ1) is 16.1. The van der Waals surface area contributed by atoms with Crippen LogP contribution in [0.25, 0.3) is 11.3 Å². The summed E-state index contributed by atoms with van der Waals surface area (Å²) in [6.07, 6.45) is 2.94. The highest BCUT2D eigenvalue weighted by molar-refractivity contribution is 5.79. The molecule has 1 saturated heterocycles. The van der Waals surface area contributed by atoms with Gasteiger partial charge in [0.25, 0.3) is 0 Å². The maximum atomic E-state index is 13.6. The van der Waals surface area contributed by atoms with Gasteiger partial charge in [0.1, 0.15) is 29.5 Å². The van der Waals surface area contributed by atoms with Crippen LogP contribution in [0.3, 0.4) is 0 Å². The number of anilines is 1. The van der Waals surface area contributed by atoms with Gasteiger partial charge < -0.3 is 19.7 Å². The Morgan fingerprint density at radius 1 is 1.09 bits per heavy atom. The molecule has 4 rings (SSSR count). The number of hydrogen-bond donors (Lipinski definition) is 1. The van der Waals surface area contributed by atoms with Gasteiger partial charge >= 0.3 is 0 Å². The smallest absolute Gasteiger partial charge is 0.223 e. The van der Waals surface area contributed by atoms with Crippen LogP contribution < -0.4 is 19.7 Å². The molecule has 0 atom stereocenters. The number of rotatable bonds is 7. The van der Waals surface area contributed by atoms with Crippen LogP contribution in [-0.4, -0.2) is 43.2 Å². The normalized spacial score (nSPS) is 14.1. The van der Waals surface area contributed by atoms with Crippen LogP contribution in [0, 0.1) is 11.7 Å². The summed E-state index contributed by atoms with van der Waals surface area (Å²) in [5.41, 5.74) is 2.25. The number of amides is 1. The lowest BCUT2D eigenvalue weighted by Crippen LogP contribution is -2.40. The highest BCUT2D eigenvalue weighted by Gasteiger charge is 2.26. The van der Waals surface area contributed by atoms with Gasteiger partial charge in [0.05, 0.1) is 19.9 Å². The topological polar surface area (TPSA) is 76.6 Å². The zero-order chi connectivity index (χ0) is 23.2. The first kappa shape index (κ1) is 22.5. The number of carbonyl (C=O) groups excluding carboxylic acids is 1. The van der Waals surface area contributed by atoms with Gasteiger partial charge in [-0.15, -0.1) is 0 Å². The van der Waals surface area contributed by atoms with Crippen molar-refractivity contribution in [3.63, 3.8) is 0 Å². The second-order valence-corrected chi connectivity index (χ2v) is 7.93. The summed E-state index contributed by atoms with van der Waals surface area (Å²) in [6.45, 7) is 1.79. The van der Waals surface area contributed by atoms with Gasteiger partial charge in [-0.1, -0.05) is 12.1 Å². The Morgan fingerprint density at radius 3 is 2.64 bits per heavy atom. The lowest BCUT2D eigenvalue weighted by atomic mass is 9.95. The molecule has 7 nitrogen and oxygen atoms in total. The Kier molecular flexibility index (Phi) is 7.02. The van der Waals surface area contributed by atoms with Crippen LogP contribution in [0.2, 0.25) is 0 Å². The molecule has 0 unspecified atom stereocenters. The summed E-state index contributed by atoms with van der Waals surface area (Å²) >= 11 is 0. The van der Waals surface area contributed by atoms with Gasteiger partial charge in [0.15, 0.2) is 0 Å². The summed E-state index contributed by atoms with van der Waals surface area (Å²) in [4.78, 5) is 23.6. The molecule has 2 aromatic carbocycles. The second-order valence-electron chi connectivity index (χ2n) is 7.93. The molecule has 1 fully saturated rings. The van der Waals surface area contributed by atoms with Crippen LogP contribution in [0.15, 0.2) is 54.9 Å². The van der Waals surface area contributed by atoms with Crippen molar-refractivity contribution >= 4 is 11.7 Å². The Balaban J connectivity index is 1.35. The minimum atomic E-state index is -0.300. The van der Waals surface area contributed by atoms with E-state index < -0.39 is 0 Å². The average Bonchev–Trinajstić information content (AvgIpc) is 2.87. The first-order valence-corrected chi connectivity index (χ1v) is 10.9. The minimum Gasteiger partial charge on any atom is -0.497 e. The standard InChI is InChI=1S/C25H27FN4O3/c1-32-21-6-7-23(33-2)19(13-21)15-27-25(31)17-8-10-30(11-9-17)24-14-22(28-16-29-24)18-4-3-5-20(26)12-18/h3-7,12-14,16-17H,8-11,15H2,1-2H3,(H,27,31). The first-order valence-electron chi connectivity index (χ1n) is 10.9. The summed E-state index contributed by atoms with van der Waals surface area (Å²) in [7, 11) is 3.21. The molecule has 1 N–H and O–H groups in total. The SMILES string of the molecule is COc1ccc(OC)c(CNC(=O)C2CCN(c3cc(-c4cccc(F)c4)ncn3)CC2)c1. The highest BCUT2D eigenvalue weighted by Crippen LogP contribution is 2.27. The molecule has 2 heterocycles. The molecule has 33 heavy (non-hydrogen) atoms. The van der Waals surface area contributed by atoms with Crippen molar-refractivity contribution in [2.24, 2.45) is 5.92 Å². The molecule has 0 bridgehead atoms. The zero-order valence-electron chi connectivity index (χ0n) is 18.8. The third-order valence-electron chi connectivity index (χ3n) is 5.90. The molecular weight excluding hydrogens is 423 g/mol. The molecule has 1 aliphatic rings. The number of hydrogen-bond acceptors (Lipinski definition) is 6. The summed E-state index contributed by atoms with van der Waals surface area (Å²) < 4.78 is 24.2. The van der Waals surface area contributed by atoms with E-state index in [1.54, 1.807) is 20.3 Å². The predicted octanol–water partition coefficient (Wildman–Crippen LogP) is 3.83. The number of benzene rings is 2. The third-order valence-corrected chi connectivity index (χ3v) is 5.90. The molecule has 1 aliphatic heterocycles.